The van der Waals surface area contributed by atoms with Gasteiger partial charge in [-0.25, -0.2) is 4.39 Å². The molecule has 0 saturated heterocycles. The number of benzene rings is 2. The van der Waals surface area contributed by atoms with Gasteiger partial charge in [-0.1, -0.05) is 23.7 Å². The van der Waals surface area contributed by atoms with Crippen LogP contribution in [0, 0.1) is 5.82 Å². The van der Waals surface area contributed by atoms with Gasteiger partial charge in [0.25, 0.3) is 10.1 Å². The van der Waals surface area contributed by atoms with Crippen LogP contribution >= 0.6 is 11.6 Å². The van der Waals surface area contributed by atoms with Gasteiger partial charge in [-0.3, -0.25) is 18.8 Å². The van der Waals surface area contributed by atoms with Crippen molar-refractivity contribution in [2.24, 2.45) is 4.99 Å². The SMILES string of the molecule is CS(=O)(=O)OCCCc1cc(F)c2[nH]cc(C(=O)C3(Cc4ccc(Cl)cc4)C=CC=N3)c(=O)c2c1. The Morgan fingerprint density at radius 3 is 2.60 bits per heavy atom. The first-order valence-electron chi connectivity index (χ1n) is 10.8. The number of ketones is 1. The number of Topliss-reactive ketones (excluding diaryl/α,β-unsaturated/α-hetero) is 1. The molecule has 1 atom stereocenters. The monoisotopic (exact) mass is 516 g/mol. The first kappa shape index (κ1) is 25.0. The maximum atomic E-state index is 14.7. The predicted octanol–water partition coefficient (Wildman–Crippen LogP) is 4.03. The van der Waals surface area contributed by atoms with E-state index in [-0.39, 0.29) is 35.9 Å². The molecule has 35 heavy (non-hydrogen) atoms. The number of hydrogen-bond acceptors (Lipinski definition) is 6. The molecule has 0 spiro atoms. The summed E-state index contributed by atoms with van der Waals surface area (Å²) in [5, 5.41) is 0.591. The van der Waals surface area contributed by atoms with Crippen LogP contribution in [-0.2, 0) is 27.1 Å². The number of nitrogens with one attached hydrogen (secondary N) is 1. The molecule has 0 bridgehead atoms. The zero-order valence-corrected chi connectivity index (χ0v) is 20.3. The molecule has 1 unspecified atom stereocenters. The first-order chi connectivity index (χ1) is 16.6. The number of hydrogen-bond donors (Lipinski definition) is 1. The van der Waals surface area contributed by atoms with E-state index >= 15 is 0 Å². The lowest BCUT2D eigenvalue weighted by Gasteiger charge is -2.23. The smallest absolute Gasteiger partial charge is 0.264 e. The van der Waals surface area contributed by atoms with Gasteiger partial charge < -0.3 is 4.98 Å². The highest BCUT2D eigenvalue weighted by molar-refractivity contribution is 7.85. The largest absolute Gasteiger partial charge is 0.358 e. The molecular formula is C25H22ClFN2O5S. The fourth-order valence-corrected chi connectivity index (χ4v) is 4.58. The number of nitrogens with zero attached hydrogens (tertiary/aromatic N) is 1. The van der Waals surface area contributed by atoms with Crippen molar-refractivity contribution in [3.63, 3.8) is 0 Å². The lowest BCUT2D eigenvalue weighted by Crippen LogP contribution is -2.38. The van der Waals surface area contributed by atoms with Crippen LogP contribution in [0.1, 0.15) is 27.9 Å². The molecule has 0 radical (unpaired) electrons. The molecule has 3 aromatic rings. The summed E-state index contributed by atoms with van der Waals surface area (Å²) >= 11 is 5.96. The standard InChI is InChI=1S/C25H22ClFN2O5S/c1-35(32,33)34-11-2-4-17-12-19-22(21(27)13-17)28-15-20(23(19)30)24(31)25(9-3-10-29-25)14-16-5-7-18(26)8-6-16/h3,5-10,12-13,15H,2,4,11,14H2,1H3,(H,28,30). The molecule has 10 heteroatoms. The average molecular weight is 517 g/mol. The van der Waals surface area contributed by atoms with Crippen molar-refractivity contribution in [2.45, 2.75) is 24.8 Å². The summed E-state index contributed by atoms with van der Waals surface area (Å²) in [4.78, 5) is 34.0. The highest BCUT2D eigenvalue weighted by Crippen LogP contribution is 2.28. The number of aliphatic imine (C=N–C) groups is 1. The Bertz CT molecular complexity index is 1500. The number of carbonyl (C=O) groups excluding carboxylic acids is 1. The Morgan fingerprint density at radius 1 is 1.20 bits per heavy atom. The third kappa shape index (κ3) is 5.58. The van der Waals surface area contributed by atoms with Gasteiger partial charge in [0.15, 0.2) is 11.2 Å². The number of rotatable bonds is 9. The van der Waals surface area contributed by atoms with Crippen molar-refractivity contribution < 1.29 is 21.8 Å². The number of carbonyl (C=O) groups is 1. The number of aromatic amines is 1. The van der Waals surface area contributed by atoms with Crippen LogP contribution in [0.5, 0.6) is 0 Å². The minimum absolute atomic E-state index is 0.0140. The van der Waals surface area contributed by atoms with Crippen LogP contribution in [0.3, 0.4) is 0 Å². The van der Waals surface area contributed by atoms with Gasteiger partial charge in [0.1, 0.15) is 11.4 Å². The molecule has 0 amide bonds. The highest BCUT2D eigenvalue weighted by atomic mass is 35.5. The van der Waals surface area contributed by atoms with Crippen molar-refractivity contribution in [2.75, 3.05) is 12.9 Å². The van der Waals surface area contributed by atoms with E-state index < -0.39 is 32.7 Å². The van der Waals surface area contributed by atoms with Gasteiger partial charge >= 0.3 is 0 Å². The number of H-pyrrole nitrogens is 1. The number of pyridine rings is 1. The Labute approximate surface area is 206 Å². The fourth-order valence-electron chi connectivity index (χ4n) is 4.03. The van der Waals surface area contributed by atoms with Crippen LogP contribution in [0.15, 0.2) is 64.5 Å². The molecule has 0 saturated carbocycles. The van der Waals surface area contributed by atoms with Gasteiger partial charge in [0, 0.05) is 29.2 Å². The van der Waals surface area contributed by atoms with Crippen molar-refractivity contribution in [3.05, 3.63) is 92.5 Å². The molecule has 0 fully saturated rings. The van der Waals surface area contributed by atoms with Gasteiger partial charge in [0.2, 0.25) is 0 Å². The van der Waals surface area contributed by atoms with E-state index in [0.717, 1.165) is 11.8 Å². The number of aryl methyl sites for hydroxylation is 1. The molecule has 0 aliphatic carbocycles. The first-order valence-corrected chi connectivity index (χ1v) is 13.0. The van der Waals surface area contributed by atoms with Crippen molar-refractivity contribution in [1.29, 1.82) is 0 Å². The van der Waals surface area contributed by atoms with Crippen LogP contribution in [0.4, 0.5) is 4.39 Å². The predicted molar refractivity (Wildman–Crippen MR) is 133 cm³/mol. The summed E-state index contributed by atoms with van der Waals surface area (Å²) in [6, 6.07) is 9.79. The van der Waals surface area contributed by atoms with E-state index in [4.69, 9.17) is 15.8 Å². The quantitative estimate of drug-likeness (QED) is 0.262. The van der Waals surface area contributed by atoms with Gasteiger partial charge in [-0.2, -0.15) is 8.42 Å². The minimum atomic E-state index is -3.57. The van der Waals surface area contributed by atoms with E-state index in [1.165, 1.54) is 24.5 Å². The Hall–Kier alpha value is -3.14. The molecule has 1 aromatic heterocycles. The van der Waals surface area contributed by atoms with E-state index in [0.29, 0.717) is 17.0 Å². The van der Waals surface area contributed by atoms with E-state index in [1.807, 2.05) is 0 Å². The summed E-state index contributed by atoms with van der Waals surface area (Å²) in [5.74, 6) is -1.15. The summed E-state index contributed by atoms with van der Waals surface area (Å²) in [5.41, 5.74) is -0.756. The van der Waals surface area contributed by atoms with Crippen molar-refractivity contribution in [3.8, 4) is 0 Å². The Balaban J connectivity index is 1.66. The molecule has 2 heterocycles. The van der Waals surface area contributed by atoms with E-state index in [1.54, 1.807) is 36.4 Å². The average Bonchev–Trinajstić information content (AvgIpc) is 3.28. The highest BCUT2D eigenvalue weighted by Gasteiger charge is 2.39. The maximum absolute atomic E-state index is 14.7. The van der Waals surface area contributed by atoms with Gasteiger partial charge in [-0.05, 0) is 60.4 Å². The van der Waals surface area contributed by atoms with Crippen LogP contribution in [0.2, 0.25) is 5.02 Å². The van der Waals surface area contributed by atoms with Gasteiger partial charge in [0.05, 0.1) is 23.9 Å². The zero-order valence-electron chi connectivity index (χ0n) is 18.8. The second-order valence-corrected chi connectivity index (χ2v) is 10.4. The topological polar surface area (TPSA) is 106 Å². The molecule has 1 aliphatic heterocycles. The van der Waals surface area contributed by atoms with E-state index in [2.05, 4.69) is 9.98 Å². The zero-order chi connectivity index (χ0) is 25.2. The third-order valence-electron chi connectivity index (χ3n) is 5.69. The Kier molecular flexibility index (Phi) is 7.02. The van der Waals surface area contributed by atoms with Crippen molar-refractivity contribution >= 4 is 44.6 Å². The number of allylic oxidation sites excluding steroid dienone is 1. The fraction of sp³-hybridized carbons (Fsp3) is 0.240. The van der Waals surface area contributed by atoms with Crippen LogP contribution in [-0.4, -0.2) is 43.8 Å². The number of halogens is 2. The number of fused-ring (bicyclic) bond motifs is 1. The molecule has 182 valence electrons. The lowest BCUT2D eigenvalue weighted by atomic mass is 9.84. The van der Waals surface area contributed by atoms with Crippen LogP contribution in [0.25, 0.3) is 10.9 Å². The second kappa shape index (κ2) is 9.85. The van der Waals surface area contributed by atoms with E-state index in [9.17, 15) is 22.4 Å². The summed E-state index contributed by atoms with van der Waals surface area (Å²) in [6.45, 7) is -0.0646. The summed E-state index contributed by atoms with van der Waals surface area (Å²) < 4.78 is 41.6. The molecule has 1 aliphatic rings. The molecule has 4 rings (SSSR count). The third-order valence-corrected chi connectivity index (χ3v) is 6.54. The maximum Gasteiger partial charge on any atom is 0.264 e. The van der Waals surface area contributed by atoms with Crippen LogP contribution < -0.4 is 5.43 Å². The summed E-state index contributed by atoms with van der Waals surface area (Å²) in [7, 11) is -3.57. The molecule has 2 aromatic carbocycles. The molecule has 1 N–H and O–H groups in total. The molecule has 7 nitrogen and oxygen atoms in total. The minimum Gasteiger partial charge on any atom is -0.358 e. The summed E-state index contributed by atoms with van der Waals surface area (Å²) in [6.07, 6.45) is 7.80. The normalized spacial score (nSPS) is 17.3. The Morgan fingerprint density at radius 2 is 1.94 bits per heavy atom. The van der Waals surface area contributed by atoms with Gasteiger partial charge in [-0.15, -0.1) is 0 Å². The molecular weight excluding hydrogens is 495 g/mol. The number of aromatic nitrogens is 1. The lowest BCUT2D eigenvalue weighted by molar-refractivity contribution is 0.0922. The van der Waals surface area contributed by atoms with Crippen molar-refractivity contribution in [1.82, 2.24) is 4.98 Å². The second-order valence-electron chi connectivity index (χ2n) is 8.36.